The lowest BCUT2D eigenvalue weighted by molar-refractivity contribution is -0.120. The highest BCUT2D eigenvalue weighted by molar-refractivity contribution is 7.92. The fourth-order valence-corrected chi connectivity index (χ4v) is 5.13. The van der Waals surface area contributed by atoms with Gasteiger partial charge in [-0.15, -0.1) is 0 Å². The molecule has 0 fully saturated rings. The van der Waals surface area contributed by atoms with E-state index in [2.05, 4.69) is 5.32 Å². The van der Waals surface area contributed by atoms with Crippen molar-refractivity contribution in [3.8, 4) is 23.0 Å². The number of aryl methyl sites for hydroxylation is 1. The zero-order valence-electron chi connectivity index (χ0n) is 20.3. The molecule has 0 aromatic heterocycles. The minimum Gasteiger partial charge on any atom is -0.497 e. The smallest absolute Gasteiger partial charge is 0.264 e. The van der Waals surface area contributed by atoms with E-state index < -0.39 is 28.6 Å². The van der Waals surface area contributed by atoms with Crippen molar-refractivity contribution in [2.45, 2.75) is 17.9 Å². The van der Waals surface area contributed by atoms with E-state index in [0.29, 0.717) is 17.2 Å². The van der Waals surface area contributed by atoms with Gasteiger partial charge in [0.1, 0.15) is 30.8 Å². The molecule has 0 saturated carbocycles. The van der Waals surface area contributed by atoms with Crippen LogP contribution in [0.15, 0.2) is 71.6 Å². The number of sulfonamides is 1. The van der Waals surface area contributed by atoms with Crippen molar-refractivity contribution >= 4 is 21.6 Å². The van der Waals surface area contributed by atoms with Crippen LogP contribution in [0.25, 0.3) is 0 Å². The van der Waals surface area contributed by atoms with Crippen LogP contribution in [0.3, 0.4) is 0 Å². The van der Waals surface area contributed by atoms with Crippen molar-refractivity contribution in [3.05, 3.63) is 72.3 Å². The Kier molecular flexibility index (Phi) is 7.54. The third kappa shape index (κ3) is 5.49. The summed E-state index contributed by atoms with van der Waals surface area (Å²) in [4.78, 5) is 13.1. The molecule has 10 heteroatoms. The summed E-state index contributed by atoms with van der Waals surface area (Å²) in [7, 11) is -1.22. The Bertz CT molecular complexity index is 1330. The first-order valence-electron chi connectivity index (χ1n) is 11.3. The van der Waals surface area contributed by atoms with Gasteiger partial charge in [0.2, 0.25) is 5.91 Å². The van der Waals surface area contributed by atoms with Gasteiger partial charge in [-0.2, -0.15) is 0 Å². The average Bonchev–Trinajstić information content (AvgIpc) is 2.90. The van der Waals surface area contributed by atoms with Gasteiger partial charge in [0.15, 0.2) is 11.5 Å². The van der Waals surface area contributed by atoms with Gasteiger partial charge in [-0.05, 0) is 43.3 Å². The fraction of sp³-hybridized carbons (Fsp3) is 0.269. The molecule has 0 unspecified atom stereocenters. The van der Waals surface area contributed by atoms with Gasteiger partial charge in [-0.1, -0.05) is 29.8 Å². The number of methoxy groups -OCH3 is 2. The lowest BCUT2D eigenvalue weighted by atomic mass is 10.2. The first-order chi connectivity index (χ1) is 17.3. The number of ether oxygens (including phenoxy) is 4. The van der Waals surface area contributed by atoms with Gasteiger partial charge < -0.3 is 24.3 Å². The predicted molar refractivity (Wildman–Crippen MR) is 135 cm³/mol. The van der Waals surface area contributed by atoms with Crippen LogP contribution in [0, 0.1) is 6.92 Å². The third-order valence-electron chi connectivity index (χ3n) is 5.65. The third-order valence-corrected chi connectivity index (χ3v) is 7.42. The maximum Gasteiger partial charge on any atom is 0.264 e. The number of benzene rings is 3. The number of amides is 1. The fourth-order valence-electron chi connectivity index (χ4n) is 3.71. The van der Waals surface area contributed by atoms with E-state index >= 15 is 0 Å². The van der Waals surface area contributed by atoms with Crippen LogP contribution >= 0.6 is 0 Å². The number of para-hydroxylation sites is 2. The van der Waals surface area contributed by atoms with E-state index in [4.69, 9.17) is 18.9 Å². The van der Waals surface area contributed by atoms with Crippen LogP contribution in [0.2, 0.25) is 0 Å². The minimum atomic E-state index is -4.13. The molecule has 1 aliphatic heterocycles. The van der Waals surface area contributed by atoms with Crippen molar-refractivity contribution in [3.63, 3.8) is 0 Å². The first-order valence-corrected chi connectivity index (χ1v) is 12.7. The zero-order valence-corrected chi connectivity index (χ0v) is 21.1. The van der Waals surface area contributed by atoms with E-state index in [9.17, 15) is 13.2 Å². The van der Waals surface area contributed by atoms with Crippen LogP contribution in [-0.4, -0.2) is 54.3 Å². The summed E-state index contributed by atoms with van der Waals surface area (Å²) in [6.45, 7) is 1.78. The second kappa shape index (κ2) is 10.8. The van der Waals surface area contributed by atoms with Crippen LogP contribution in [0.4, 0.5) is 5.69 Å². The highest BCUT2D eigenvalue weighted by Gasteiger charge is 2.30. The number of rotatable bonds is 9. The van der Waals surface area contributed by atoms with Crippen molar-refractivity contribution in [1.29, 1.82) is 0 Å². The van der Waals surface area contributed by atoms with E-state index in [1.165, 1.54) is 32.4 Å². The van der Waals surface area contributed by atoms with Gasteiger partial charge >= 0.3 is 0 Å². The summed E-state index contributed by atoms with van der Waals surface area (Å²) >= 11 is 0. The molecule has 1 heterocycles. The van der Waals surface area contributed by atoms with Gasteiger partial charge in [0, 0.05) is 6.07 Å². The molecule has 4 rings (SSSR count). The molecule has 0 aliphatic carbocycles. The molecule has 0 bridgehead atoms. The monoisotopic (exact) mass is 512 g/mol. The maximum absolute atomic E-state index is 13.7. The molecule has 3 aromatic carbocycles. The molecular weight excluding hydrogens is 484 g/mol. The molecule has 190 valence electrons. The summed E-state index contributed by atoms with van der Waals surface area (Å²) < 4.78 is 50.7. The number of hydrogen-bond acceptors (Lipinski definition) is 7. The second-order valence-corrected chi connectivity index (χ2v) is 10.0. The van der Waals surface area contributed by atoms with E-state index in [1.54, 1.807) is 36.4 Å². The Balaban J connectivity index is 1.57. The minimum absolute atomic E-state index is 0.0476. The molecule has 3 aromatic rings. The van der Waals surface area contributed by atoms with Crippen molar-refractivity contribution in [1.82, 2.24) is 5.32 Å². The lowest BCUT2D eigenvalue weighted by Gasteiger charge is -2.28. The van der Waals surface area contributed by atoms with Crippen LogP contribution in [0.1, 0.15) is 5.56 Å². The molecule has 1 N–H and O–H groups in total. The highest BCUT2D eigenvalue weighted by atomic mass is 32.2. The Morgan fingerprint density at radius 2 is 1.75 bits per heavy atom. The summed E-state index contributed by atoms with van der Waals surface area (Å²) in [5, 5.41) is 2.76. The average molecular weight is 513 g/mol. The largest absolute Gasteiger partial charge is 0.497 e. The Labute approximate surface area is 210 Å². The number of carbonyl (C=O) groups excluding carboxylic acids is 1. The molecular formula is C26H28N2O7S. The zero-order chi connectivity index (χ0) is 25.7. The standard InChI is InChI=1S/C26H28N2O7S/c1-18-8-11-21(12-9-18)36(30,31)28(22-14-19(32-2)10-13-23(22)33-3)16-26(29)27-15-20-17-34-24-6-4-5-7-25(24)35-20/h4-14,20H,15-17H2,1-3H3,(H,27,29)/t20-/m1/s1. The molecule has 1 aliphatic rings. The molecule has 36 heavy (non-hydrogen) atoms. The van der Waals surface area contributed by atoms with Crippen molar-refractivity contribution in [2.24, 2.45) is 0 Å². The second-order valence-electron chi connectivity index (χ2n) is 8.16. The van der Waals surface area contributed by atoms with Gasteiger partial charge in [-0.3, -0.25) is 9.10 Å². The molecule has 0 radical (unpaired) electrons. The highest BCUT2D eigenvalue weighted by Crippen LogP contribution is 2.36. The first kappa shape index (κ1) is 25.2. The summed E-state index contributed by atoms with van der Waals surface area (Å²) in [5.74, 6) is 1.41. The number of fused-ring (bicyclic) bond motifs is 1. The summed E-state index contributed by atoms with van der Waals surface area (Å²) in [5.41, 5.74) is 1.09. The lowest BCUT2D eigenvalue weighted by Crippen LogP contribution is -2.45. The SMILES string of the molecule is COc1ccc(OC)c(N(CC(=O)NC[C@@H]2COc3ccccc3O2)S(=O)(=O)c2ccc(C)cc2)c1. The van der Waals surface area contributed by atoms with Crippen LogP contribution in [-0.2, 0) is 14.8 Å². The van der Waals surface area contributed by atoms with E-state index in [0.717, 1.165) is 9.87 Å². The molecule has 0 spiro atoms. The number of nitrogens with one attached hydrogen (secondary N) is 1. The summed E-state index contributed by atoms with van der Waals surface area (Å²) in [6.07, 6.45) is -0.419. The molecule has 1 amide bonds. The molecule has 0 saturated heterocycles. The normalized spacial score (nSPS) is 14.6. The Morgan fingerprint density at radius 1 is 1.03 bits per heavy atom. The molecule has 1 atom stereocenters. The summed E-state index contributed by atoms with van der Waals surface area (Å²) in [6, 6.07) is 18.4. The number of carbonyl (C=O) groups is 1. The van der Waals surface area contributed by atoms with Crippen molar-refractivity contribution < 1.29 is 32.2 Å². The van der Waals surface area contributed by atoms with Gasteiger partial charge in [0.25, 0.3) is 10.0 Å². The van der Waals surface area contributed by atoms with Gasteiger partial charge in [-0.25, -0.2) is 8.42 Å². The Morgan fingerprint density at radius 3 is 2.44 bits per heavy atom. The Hall–Kier alpha value is -3.92. The predicted octanol–water partition coefficient (Wildman–Crippen LogP) is 3.16. The number of nitrogens with zero attached hydrogens (tertiary/aromatic N) is 1. The van der Waals surface area contributed by atoms with E-state index in [1.807, 2.05) is 19.1 Å². The van der Waals surface area contributed by atoms with E-state index in [-0.39, 0.29) is 29.5 Å². The number of anilines is 1. The van der Waals surface area contributed by atoms with Crippen LogP contribution < -0.4 is 28.6 Å². The van der Waals surface area contributed by atoms with Crippen LogP contribution in [0.5, 0.6) is 23.0 Å². The number of hydrogen-bond donors (Lipinski definition) is 1. The maximum atomic E-state index is 13.7. The quantitative estimate of drug-likeness (QED) is 0.470. The van der Waals surface area contributed by atoms with Gasteiger partial charge in [0.05, 0.1) is 31.3 Å². The molecule has 9 nitrogen and oxygen atoms in total. The topological polar surface area (TPSA) is 103 Å². The van der Waals surface area contributed by atoms with Crippen molar-refractivity contribution in [2.75, 3.05) is 38.2 Å².